The SMILES string of the molecule is C[C@@H]1CNC[C@H]1Cc1nc(-c2ccc(Cn3cncn3)c(F)c2)no1. The van der Waals surface area contributed by atoms with Gasteiger partial charge >= 0.3 is 0 Å². The van der Waals surface area contributed by atoms with E-state index in [4.69, 9.17) is 4.52 Å². The molecule has 3 heterocycles. The van der Waals surface area contributed by atoms with Crippen LogP contribution in [0.15, 0.2) is 35.4 Å². The van der Waals surface area contributed by atoms with Crippen LogP contribution in [0.3, 0.4) is 0 Å². The molecule has 1 N–H and O–H groups in total. The highest BCUT2D eigenvalue weighted by molar-refractivity contribution is 5.55. The average Bonchev–Trinajstić information content (AvgIpc) is 3.34. The van der Waals surface area contributed by atoms with E-state index in [-0.39, 0.29) is 5.82 Å². The maximum absolute atomic E-state index is 14.4. The van der Waals surface area contributed by atoms with Gasteiger partial charge in [0.05, 0.1) is 6.54 Å². The van der Waals surface area contributed by atoms with Crippen LogP contribution in [0.5, 0.6) is 0 Å². The molecule has 25 heavy (non-hydrogen) atoms. The number of rotatable bonds is 5. The minimum atomic E-state index is -0.326. The number of benzene rings is 1. The van der Waals surface area contributed by atoms with Gasteiger partial charge in [-0.15, -0.1) is 0 Å². The van der Waals surface area contributed by atoms with Gasteiger partial charge in [-0.2, -0.15) is 10.1 Å². The topological polar surface area (TPSA) is 81.7 Å². The van der Waals surface area contributed by atoms with Crippen LogP contribution in [0.25, 0.3) is 11.4 Å². The number of halogens is 1. The van der Waals surface area contributed by atoms with E-state index in [9.17, 15) is 4.39 Å². The van der Waals surface area contributed by atoms with E-state index in [1.54, 1.807) is 23.1 Å². The lowest BCUT2D eigenvalue weighted by Crippen LogP contribution is -2.13. The summed E-state index contributed by atoms with van der Waals surface area (Å²) in [5.41, 5.74) is 1.14. The first-order valence-electron chi connectivity index (χ1n) is 8.33. The van der Waals surface area contributed by atoms with E-state index in [2.05, 4.69) is 32.5 Å². The second kappa shape index (κ2) is 6.72. The van der Waals surface area contributed by atoms with Gasteiger partial charge in [-0.1, -0.05) is 24.2 Å². The first-order valence-corrected chi connectivity index (χ1v) is 8.33. The summed E-state index contributed by atoms with van der Waals surface area (Å²) >= 11 is 0. The first-order chi connectivity index (χ1) is 12.2. The summed E-state index contributed by atoms with van der Waals surface area (Å²) in [4.78, 5) is 8.28. The highest BCUT2D eigenvalue weighted by atomic mass is 19.1. The molecule has 130 valence electrons. The lowest BCUT2D eigenvalue weighted by atomic mass is 9.95. The van der Waals surface area contributed by atoms with Crippen molar-refractivity contribution < 1.29 is 8.91 Å². The molecule has 1 aliphatic heterocycles. The van der Waals surface area contributed by atoms with Crippen LogP contribution in [0.4, 0.5) is 4.39 Å². The molecule has 0 amide bonds. The molecule has 1 aromatic carbocycles. The lowest BCUT2D eigenvalue weighted by Gasteiger charge is -2.10. The monoisotopic (exact) mass is 342 g/mol. The minimum Gasteiger partial charge on any atom is -0.339 e. The van der Waals surface area contributed by atoms with Gasteiger partial charge in [0, 0.05) is 17.5 Å². The Morgan fingerprint density at radius 3 is 3.00 bits per heavy atom. The van der Waals surface area contributed by atoms with Crippen molar-refractivity contribution in [1.82, 2.24) is 30.2 Å². The van der Waals surface area contributed by atoms with Gasteiger partial charge < -0.3 is 9.84 Å². The largest absolute Gasteiger partial charge is 0.339 e. The molecular formula is C17H19FN6O. The second-order valence-electron chi connectivity index (χ2n) is 6.51. The Kier molecular flexibility index (Phi) is 4.27. The molecule has 2 aromatic heterocycles. The summed E-state index contributed by atoms with van der Waals surface area (Å²) in [6, 6.07) is 4.94. The Hall–Kier alpha value is -2.61. The van der Waals surface area contributed by atoms with E-state index >= 15 is 0 Å². The van der Waals surface area contributed by atoms with Crippen molar-refractivity contribution in [1.29, 1.82) is 0 Å². The summed E-state index contributed by atoms with van der Waals surface area (Å²) in [5.74, 6) is 1.77. The molecular weight excluding hydrogens is 323 g/mol. The minimum absolute atomic E-state index is 0.326. The highest BCUT2D eigenvalue weighted by Crippen LogP contribution is 2.23. The molecule has 1 aliphatic rings. The third-order valence-corrected chi connectivity index (χ3v) is 4.69. The predicted molar refractivity (Wildman–Crippen MR) is 88.0 cm³/mol. The number of nitrogens with one attached hydrogen (secondary N) is 1. The molecule has 0 spiro atoms. The van der Waals surface area contributed by atoms with E-state index in [1.807, 2.05) is 0 Å². The van der Waals surface area contributed by atoms with Gasteiger partial charge in [0.1, 0.15) is 18.5 Å². The Balaban J connectivity index is 1.49. The van der Waals surface area contributed by atoms with Crippen molar-refractivity contribution in [2.45, 2.75) is 19.9 Å². The molecule has 7 nitrogen and oxygen atoms in total. The maximum Gasteiger partial charge on any atom is 0.227 e. The van der Waals surface area contributed by atoms with Gasteiger partial charge in [0.15, 0.2) is 0 Å². The van der Waals surface area contributed by atoms with Crippen LogP contribution in [-0.4, -0.2) is 38.0 Å². The number of hydrogen-bond acceptors (Lipinski definition) is 6. The summed E-state index contributed by atoms with van der Waals surface area (Å²) in [7, 11) is 0. The van der Waals surface area contributed by atoms with Gasteiger partial charge in [-0.3, -0.25) is 0 Å². The fourth-order valence-corrected chi connectivity index (χ4v) is 3.12. The zero-order valence-corrected chi connectivity index (χ0v) is 13.9. The van der Waals surface area contributed by atoms with Crippen LogP contribution in [0.1, 0.15) is 18.4 Å². The molecule has 1 fully saturated rings. The van der Waals surface area contributed by atoms with Crippen molar-refractivity contribution in [2.24, 2.45) is 11.8 Å². The molecule has 0 unspecified atom stereocenters. The number of nitrogens with zero attached hydrogens (tertiary/aromatic N) is 5. The smallest absolute Gasteiger partial charge is 0.227 e. The molecule has 0 bridgehead atoms. The quantitative estimate of drug-likeness (QED) is 0.763. The number of hydrogen-bond donors (Lipinski definition) is 1. The van der Waals surface area contributed by atoms with Crippen molar-refractivity contribution in [3.05, 3.63) is 48.1 Å². The predicted octanol–water partition coefficient (Wildman–Crippen LogP) is 1.91. The summed E-state index contributed by atoms with van der Waals surface area (Å²) in [6.45, 7) is 4.52. The van der Waals surface area contributed by atoms with E-state index < -0.39 is 0 Å². The lowest BCUT2D eigenvalue weighted by molar-refractivity contribution is 0.337. The van der Waals surface area contributed by atoms with Gasteiger partial charge in [0.2, 0.25) is 11.7 Å². The summed E-state index contributed by atoms with van der Waals surface area (Å²) in [6.07, 6.45) is 3.72. The van der Waals surface area contributed by atoms with Gasteiger partial charge in [0.25, 0.3) is 0 Å². The van der Waals surface area contributed by atoms with Gasteiger partial charge in [-0.05, 0) is 31.0 Å². The van der Waals surface area contributed by atoms with Gasteiger partial charge in [-0.25, -0.2) is 14.1 Å². The Morgan fingerprint density at radius 2 is 2.28 bits per heavy atom. The highest BCUT2D eigenvalue weighted by Gasteiger charge is 2.25. The van der Waals surface area contributed by atoms with Crippen LogP contribution >= 0.6 is 0 Å². The van der Waals surface area contributed by atoms with Crippen LogP contribution in [0, 0.1) is 17.7 Å². The van der Waals surface area contributed by atoms with Crippen molar-refractivity contribution in [3.8, 4) is 11.4 Å². The van der Waals surface area contributed by atoms with E-state index in [0.717, 1.165) is 19.5 Å². The number of aromatic nitrogens is 5. The van der Waals surface area contributed by atoms with Crippen molar-refractivity contribution in [2.75, 3.05) is 13.1 Å². The standard InChI is InChI=1S/C17H19FN6O/c1-11-6-19-7-14(11)5-16-22-17(23-25-16)12-2-3-13(15(18)4-12)8-24-10-20-9-21-24/h2-4,9-11,14,19H,5-8H2,1H3/t11-,14-/m1/s1. The van der Waals surface area contributed by atoms with Crippen LogP contribution < -0.4 is 5.32 Å². The van der Waals surface area contributed by atoms with Crippen LogP contribution in [-0.2, 0) is 13.0 Å². The Morgan fingerprint density at radius 1 is 1.36 bits per heavy atom. The molecule has 0 saturated carbocycles. The third kappa shape index (κ3) is 3.43. The normalized spacial score (nSPS) is 20.2. The second-order valence-corrected chi connectivity index (χ2v) is 6.51. The molecule has 1 saturated heterocycles. The van der Waals surface area contributed by atoms with Crippen molar-refractivity contribution in [3.63, 3.8) is 0 Å². The molecule has 0 aliphatic carbocycles. The molecule has 0 radical (unpaired) electrons. The zero-order chi connectivity index (χ0) is 17.2. The Labute approximate surface area is 144 Å². The molecule has 3 aromatic rings. The fraction of sp³-hybridized carbons (Fsp3) is 0.412. The first kappa shape index (κ1) is 15.9. The van der Waals surface area contributed by atoms with E-state index in [1.165, 1.54) is 12.4 Å². The average molecular weight is 342 g/mol. The molecule has 4 rings (SSSR count). The summed E-state index contributed by atoms with van der Waals surface area (Å²) in [5, 5.41) is 11.3. The Bertz CT molecular complexity index is 847. The summed E-state index contributed by atoms with van der Waals surface area (Å²) < 4.78 is 21.3. The molecule has 2 atom stereocenters. The van der Waals surface area contributed by atoms with Crippen molar-refractivity contribution >= 4 is 0 Å². The zero-order valence-electron chi connectivity index (χ0n) is 13.9. The van der Waals surface area contributed by atoms with Crippen LogP contribution in [0.2, 0.25) is 0 Å². The third-order valence-electron chi connectivity index (χ3n) is 4.69. The molecule has 8 heteroatoms. The maximum atomic E-state index is 14.4. The van der Waals surface area contributed by atoms with E-state index in [0.29, 0.717) is 41.2 Å². The fourth-order valence-electron chi connectivity index (χ4n) is 3.12.